The van der Waals surface area contributed by atoms with Crippen LogP contribution in [-0.4, -0.2) is 27.0 Å². The van der Waals surface area contributed by atoms with Gasteiger partial charge in [-0.15, -0.1) is 0 Å². The van der Waals surface area contributed by atoms with Crippen molar-refractivity contribution in [2.24, 2.45) is 0 Å². The summed E-state index contributed by atoms with van der Waals surface area (Å²) in [7, 11) is 0. The number of halogens is 1. The molecule has 0 bridgehead atoms. The highest BCUT2D eigenvalue weighted by molar-refractivity contribution is 7.22. The van der Waals surface area contributed by atoms with Gasteiger partial charge in [0.15, 0.2) is 5.13 Å². The molecule has 0 atom stereocenters. The van der Waals surface area contributed by atoms with E-state index < -0.39 is 0 Å². The number of fused-ring (bicyclic) bond motifs is 1. The summed E-state index contributed by atoms with van der Waals surface area (Å²) in [6.07, 6.45) is 6.13. The number of hydrogen-bond acceptors (Lipinski definition) is 5. The van der Waals surface area contributed by atoms with Crippen LogP contribution in [0.1, 0.15) is 22.3 Å². The highest BCUT2D eigenvalue weighted by atomic mass is 35.5. The fourth-order valence-corrected chi connectivity index (χ4v) is 4.23. The average Bonchev–Trinajstić information content (AvgIpc) is 3.40. The zero-order valence-electron chi connectivity index (χ0n) is 15.3. The second kappa shape index (κ2) is 8.43. The first-order chi connectivity index (χ1) is 14.1. The van der Waals surface area contributed by atoms with Crippen molar-refractivity contribution < 1.29 is 4.79 Å². The zero-order valence-corrected chi connectivity index (χ0v) is 16.9. The predicted octanol–water partition coefficient (Wildman–Crippen LogP) is 4.75. The molecule has 2 heterocycles. The van der Waals surface area contributed by atoms with E-state index in [1.165, 1.54) is 11.3 Å². The third kappa shape index (κ3) is 4.29. The first-order valence-corrected chi connectivity index (χ1v) is 10.2. The summed E-state index contributed by atoms with van der Waals surface area (Å²) in [5.74, 6) is -0.148. The largest absolute Gasteiger partial charge is 0.337 e. The predicted molar refractivity (Wildman–Crippen MR) is 114 cm³/mol. The summed E-state index contributed by atoms with van der Waals surface area (Å²) in [4.78, 5) is 23.6. The molecule has 0 aliphatic rings. The Kier molecular flexibility index (Phi) is 5.56. The number of aromatic nitrogens is 3. The molecule has 6 nitrogen and oxygen atoms in total. The van der Waals surface area contributed by atoms with Crippen LogP contribution in [0.2, 0.25) is 5.02 Å². The Labute approximate surface area is 176 Å². The maximum absolute atomic E-state index is 13.2. The minimum absolute atomic E-state index is 0.148. The molecule has 0 saturated carbocycles. The normalized spacial score (nSPS) is 10.8. The topological polar surface area (TPSA) is 74.8 Å². The van der Waals surface area contributed by atoms with Crippen molar-refractivity contribution in [3.8, 4) is 6.07 Å². The second-order valence-electron chi connectivity index (χ2n) is 6.41. The molecule has 4 aromatic rings. The van der Waals surface area contributed by atoms with Gasteiger partial charge in [0.05, 0.1) is 28.2 Å². The van der Waals surface area contributed by atoms with Crippen molar-refractivity contribution in [1.82, 2.24) is 14.5 Å². The van der Waals surface area contributed by atoms with E-state index in [9.17, 15) is 4.79 Å². The molecule has 1 amide bonds. The molecule has 0 unspecified atom stereocenters. The van der Waals surface area contributed by atoms with E-state index in [1.54, 1.807) is 47.8 Å². The minimum atomic E-state index is -0.148. The van der Waals surface area contributed by atoms with Gasteiger partial charge in [-0.25, -0.2) is 9.97 Å². The van der Waals surface area contributed by atoms with Crippen molar-refractivity contribution in [2.45, 2.75) is 13.0 Å². The van der Waals surface area contributed by atoms with Crippen LogP contribution < -0.4 is 4.90 Å². The summed E-state index contributed by atoms with van der Waals surface area (Å²) >= 11 is 7.53. The molecule has 29 heavy (non-hydrogen) atoms. The molecule has 144 valence electrons. The van der Waals surface area contributed by atoms with Gasteiger partial charge in [0, 0.05) is 36.1 Å². The van der Waals surface area contributed by atoms with Gasteiger partial charge in [-0.05, 0) is 48.9 Å². The van der Waals surface area contributed by atoms with Gasteiger partial charge in [0.25, 0.3) is 5.91 Å². The second-order valence-corrected chi connectivity index (χ2v) is 7.85. The van der Waals surface area contributed by atoms with E-state index >= 15 is 0 Å². The van der Waals surface area contributed by atoms with E-state index in [1.807, 2.05) is 22.9 Å². The number of hydrogen-bond donors (Lipinski definition) is 0. The van der Waals surface area contributed by atoms with Crippen LogP contribution in [0.4, 0.5) is 5.13 Å². The van der Waals surface area contributed by atoms with Crippen LogP contribution in [0.5, 0.6) is 0 Å². The standard InChI is InChI=1S/C21H16ClN5OS/c22-17-6-7-18-19(12-17)29-21(25-18)27(10-1-9-26-11-8-24-14-26)20(28)16-4-2-15(13-23)3-5-16/h2-8,11-12,14H,1,9-10H2. The number of nitrogens with zero attached hydrogens (tertiary/aromatic N) is 5. The van der Waals surface area contributed by atoms with E-state index in [-0.39, 0.29) is 5.91 Å². The molecule has 2 aromatic carbocycles. The number of amides is 1. The number of thiazole rings is 1. The SMILES string of the molecule is N#Cc1ccc(C(=O)N(CCCn2ccnc2)c2nc3ccc(Cl)cc3s2)cc1. The lowest BCUT2D eigenvalue weighted by Gasteiger charge is -2.20. The summed E-state index contributed by atoms with van der Waals surface area (Å²) in [6.45, 7) is 1.25. The number of benzene rings is 2. The quantitative estimate of drug-likeness (QED) is 0.450. The van der Waals surface area contributed by atoms with E-state index in [4.69, 9.17) is 16.9 Å². The maximum atomic E-state index is 13.2. The molecule has 0 fully saturated rings. The third-order valence-corrected chi connectivity index (χ3v) is 5.71. The van der Waals surface area contributed by atoms with Crippen molar-refractivity contribution in [3.63, 3.8) is 0 Å². The first-order valence-electron chi connectivity index (χ1n) is 8.98. The van der Waals surface area contributed by atoms with E-state index in [0.717, 1.165) is 23.2 Å². The average molecular weight is 422 g/mol. The van der Waals surface area contributed by atoms with Gasteiger partial charge in [0.1, 0.15) is 0 Å². The van der Waals surface area contributed by atoms with Gasteiger partial charge >= 0.3 is 0 Å². The number of carbonyl (C=O) groups excluding carboxylic acids is 1. The van der Waals surface area contributed by atoms with Crippen LogP contribution in [0.3, 0.4) is 0 Å². The molecule has 4 rings (SSSR count). The van der Waals surface area contributed by atoms with E-state index in [2.05, 4.69) is 16.0 Å². The van der Waals surface area contributed by atoms with Gasteiger partial charge in [0.2, 0.25) is 0 Å². The van der Waals surface area contributed by atoms with Crippen molar-refractivity contribution in [3.05, 3.63) is 77.3 Å². The van der Waals surface area contributed by atoms with Crippen LogP contribution in [0.15, 0.2) is 61.2 Å². The summed E-state index contributed by atoms with van der Waals surface area (Å²) in [5.41, 5.74) is 1.84. The Morgan fingerprint density at radius 2 is 2.07 bits per heavy atom. The Morgan fingerprint density at radius 3 is 2.79 bits per heavy atom. The first kappa shape index (κ1) is 19.1. The highest BCUT2D eigenvalue weighted by Gasteiger charge is 2.21. The Hall–Kier alpha value is -3.21. The molecule has 0 radical (unpaired) electrons. The van der Waals surface area contributed by atoms with Crippen LogP contribution in [-0.2, 0) is 6.54 Å². The number of carbonyl (C=O) groups is 1. The van der Waals surface area contributed by atoms with Crippen molar-refractivity contribution >= 4 is 44.2 Å². The Balaban J connectivity index is 1.63. The molecule has 0 aliphatic carbocycles. The van der Waals surface area contributed by atoms with Gasteiger partial charge in [-0.3, -0.25) is 9.69 Å². The molecular formula is C21H16ClN5OS. The van der Waals surface area contributed by atoms with Gasteiger partial charge in [-0.2, -0.15) is 5.26 Å². The number of anilines is 1. The fraction of sp³-hybridized carbons (Fsp3) is 0.143. The number of rotatable bonds is 6. The van der Waals surface area contributed by atoms with Crippen LogP contribution in [0.25, 0.3) is 10.2 Å². The fourth-order valence-electron chi connectivity index (χ4n) is 2.96. The molecular weight excluding hydrogens is 406 g/mol. The number of nitriles is 1. The summed E-state index contributed by atoms with van der Waals surface area (Å²) in [5, 5.41) is 10.3. The van der Waals surface area contributed by atoms with Gasteiger partial charge in [-0.1, -0.05) is 22.9 Å². The maximum Gasteiger partial charge on any atom is 0.260 e. The Morgan fingerprint density at radius 1 is 1.24 bits per heavy atom. The lowest BCUT2D eigenvalue weighted by atomic mass is 10.1. The molecule has 0 spiro atoms. The highest BCUT2D eigenvalue weighted by Crippen LogP contribution is 2.31. The monoisotopic (exact) mass is 421 g/mol. The van der Waals surface area contributed by atoms with Crippen molar-refractivity contribution in [1.29, 1.82) is 5.26 Å². The Bertz CT molecular complexity index is 1180. The van der Waals surface area contributed by atoms with Crippen LogP contribution >= 0.6 is 22.9 Å². The van der Waals surface area contributed by atoms with Gasteiger partial charge < -0.3 is 4.57 Å². The lowest BCUT2D eigenvalue weighted by Crippen LogP contribution is -2.32. The summed E-state index contributed by atoms with van der Waals surface area (Å²) < 4.78 is 2.91. The number of aryl methyl sites for hydroxylation is 1. The third-order valence-electron chi connectivity index (χ3n) is 4.43. The minimum Gasteiger partial charge on any atom is -0.337 e. The molecule has 0 N–H and O–H groups in total. The zero-order chi connectivity index (χ0) is 20.2. The molecule has 2 aromatic heterocycles. The number of imidazole rings is 1. The molecule has 0 aliphatic heterocycles. The smallest absolute Gasteiger partial charge is 0.260 e. The lowest BCUT2D eigenvalue weighted by molar-refractivity contribution is 0.0986. The van der Waals surface area contributed by atoms with Crippen molar-refractivity contribution in [2.75, 3.05) is 11.4 Å². The van der Waals surface area contributed by atoms with Crippen LogP contribution in [0, 0.1) is 11.3 Å². The van der Waals surface area contributed by atoms with E-state index in [0.29, 0.717) is 27.8 Å². The molecule has 0 saturated heterocycles. The molecule has 8 heteroatoms. The summed E-state index contributed by atoms with van der Waals surface area (Å²) in [6, 6.07) is 14.2.